The monoisotopic (exact) mass is 425 g/mol. The van der Waals surface area contributed by atoms with Crippen molar-refractivity contribution in [2.24, 2.45) is 0 Å². The summed E-state index contributed by atoms with van der Waals surface area (Å²) >= 11 is 6.16. The van der Waals surface area contributed by atoms with Gasteiger partial charge in [-0.3, -0.25) is 0 Å². The molecule has 0 atom stereocenters. The highest BCUT2D eigenvalue weighted by Gasteiger charge is 2.28. The summed E-state index contributed by atoms with van der Waals surface area (Å²) < 4.78 is 49.2. The van der Waals surface area contributed by atoms with Crippen LogP contribution in [0.15, 0.2) is 45.3 Å². The molecule has 0 saturated heterocycles. The number of hydrogen-bond donors (Lipinski definition) is 0. The number of rotatable bonds is 4. The molecule has 8 heteroatoms. The number of halogens is 4. The molecule has 3 nitrogen and oxygen atoms in total. The maximum atomic E-state index is 13.5. The fourth-order valence-electron chi connectivity index (χ4n) is 1.28. The van der Waals surface area contributed by atoms with Crippen molar-refractivity contribution in [1.29, 1.82) is 0 Å². The molecule has 0 radical (unpaired) electrons. The lowest BCUT2D eigenvalue weighted by Crippen LogP contribution is -1.93. The molecule has 2 rings (SSSR count). The minimum atomic E-state index is -2.75. The summed E-state index contributed by atoms with van der Waals surface area (Å²) in [5, 5.41) is 0. The van der Waals surface area contributed by atoms with Gasteiger partial charge < -0.3 is 0 Å². The zero-order valence-corrected chi connectivity index (χ0v) is 13.7. The summed E-state index contributed by atoms with van der Waals surface area (Å²) in [6.07, 6.45) is 0. The molecule has 0 aliphatic heterocycles. The van der Waals surface area contributed by atoms with Crippen LogP contribution in [-0.4, -0.2) is 0 Å². The van der Waals surface area contributed by atoms with Crippen molar-refractivity contribution in [3.63, 3.8) is 0 Å². The smallest absolute Gasteiger partial charge is 0.219 e. The minimum absolute atomic E-state index is 0.244. The van der Waals surface area contributed by atoms with Crippen molar-refractivity contribution in [2.75, 3.05) is 0 Å². The third-order valence-corrected chi connectivity index (χ3v) is 3.81. The molecular formula is C12H6Br2F2O3P+. The van der Waals surface area contributed by atoms with Crippen LogP contribution in [-0.2, 0) is 4.57 Å². The lowest BCUT2D eigenvalue weighted by Gasteiger charge is -1.98. The molecule has 0 aliphatic carbocycles. The largest absolute Gasteiger partial charge is 0.805 e. The molecule has 0 unspecified atom stereocenters. The summed E-state index contributed by atoms with van der Waals surface area (Å²) in [6, 6.07) is 7.91. The molecule has 0 amide bonds. The molecule has 2 aromatic carbocycles. The lowest BCUT2D eigenvalue weighted by molar-refractivity contribution is 0.393. The van der Waals surface area contributed by atoms with E-state index < -0.39 is 19.9 Å². The molecule has 2 aromatic rings. The van der Waals surface area contributed by atoms with E-state index in [0.29, 0.717) is 8.95 Å². The van der Waals surface area contributed by atoms with Crippen LogP contribution in [0.4, 0.5) is 8.78 Å². The molecule has 0 heterocycles. The maximum absolute atomic E-state index is 13.5. The molecule has 0 fully saturated rings. The molecule has 104 valence electrons. The Kier molecular flexibility index (Phi) is 5.07. The van der Waals surface area contributed by atoms with E-state index in [4.69, 9.17) is 9.05 Å². The fourth-order valence-corrected chi connectivity index (χ4v) is 2.60. The first kappa shape index (κ1) is 15.4. The summed E-state index contributed by atoms with van der Waals surface area (Å²) in [6.45, 7) is 0. The molecule has 0 aromatic heterocycles. The van der Waals surface area contributed by atoms with E-state index in [1.165, 1.54) is 24.3 Å². The third-order valence-electron chi connectivity index (χ3n) is 2.13. The number of benzene rings is 2. The van der Waals surface area contributed by atoms with Crippen molar-refractivity contribution >= 4 is 40.1 Å². The molecule has 20 heavy (non-hydrogen) atoms. The van der Waals surface area contributed by atoms with E-state index >= 15 is 0 Å². The van der Waals surface area contributed by atoms with Crippen molar-refractivity contribution in [2.45, 2.75) is 0 Å². The van der Waals surface area contributed by atoms with E-state index in [0.717, 1.165) is 12.1 Å². The van der Waals surface area contributed by atoms with E-state index in [9.17, 15) is 13.3 Å². The first-order valence-electron chi connectivity index (χ1n) is 5.19. The van der Waals surface area contributed by atoms with Gasteiger partial charge in [0.1, 0.15) is 0 Å². The third kappa shape index (κ3) is 3.98. The Hall–Kier alpha value is -1.04. The van der Waals surface area contributed by atoms with E-state index in [2.05, 4.69) is 31.9 Å². The molecule has 0 N–H and O–H groups in total. The van der Waals surface area contributed by atoms with Crippen LogP contribution in [0.2, 0.25) is 0 Å². The van der Waals surface area contributed by atoms with Crippen molar-refractivity contribution < 1.29 is 22.4 Å². The highest BCUT2D eigenvalue weighted by atomic mass is 79.9. The predicted molar refractivity (Wildman–Crippen MR) is 77.1 cm³/mol. The Labute approximate surface area is 131 Å². The summed E-state index contributed by atoms with van der Waals surface area (Å²) in [4.78, 5) is 0. The predicted octanol–water partition coefficient (Wildman–Crippen LogP) is 5.61. The first-order chi connectivity index (χ1) is 9.45. The fraction of sp³-hybridized carbons (Fsp3) is 0. The van der Waals surface area contributed by atoms with Crippen LogP contribution >= 0.6 is 40.1 Å². The minimum Gasteiger partial charge on any atom is -0.219 e. The Balaban J connectivity index is 2.09. The van der Waals surface area contributed by atoms with Gasteiger partial charge in [0, 0.05) is 13.5 Å². The van der Waals surface area contributed by atoms with Gasteiger partial charge in [0.25, 0.3) is 0 Å². The van der Waals surface area contributed by atoms with E-state index in [-0.39, 0.29) is 11.5 Å². The van der Waals surface area contributed by atoms with Gasteiger partial charge in [-0.15, -0.1) is 0 Å². The summed E-state index contributed by atoms with van der Waals surface area (Å²) in [7, 11) is -2.75. The van der Waals surface area contributed by atoms with E-state index in [1.807, 2.05) is 0 Å². The van der Waals surface area contributed by atoms with Gasteiger partial charge in [-0.1, -0.05) is 31.9 Å². The maximum Gasteiger partial charge on any atom is 0.805 e. The quantitative estimate of drug-likeness (QED) is 0.596. The van der Waals surface area contributed by atoms with Gasteiger partial charge in [-0.2, -0.15) is 0 Å². The second kappa shape index (κ2) is 6.61. The molecular weight excluding hydrogens is 421 g/mol. The molecule has 0 bridgehead atoms. The average molecular weight is 427 g/mol. The van der Waals surface area contributed by atoms with Gasteiger partial charge in [0.05, 0.1) is 0 Å². The standard InChI is InChI=1S/C12H6Br2F2O3P/c13-7-1-3-11(9(15)5-7)18-20(17)19-12-4-2-8(14)6-10(12)16/h1-6H/q+1. The van der Waals surface area contributed by atoms with Crippen LogP contribution in [0.1, 0.15) is 0 Å². The van der Waals surface area contributed by atoms with Crippen LogP contribution in [0, 0.1) is 11.6 Å². The average Bonchev–Trinajstić information content (AvgIpc) is 2.36. The highest BCUT2D eigenvalue weighted by Crippen LogP contribution is 2.34. The summed E-state index contributed by atoms with van der Waals surface area (Å²) in [5.74, 6) is -1.90. The van der Waals surface area contributed by atoms with Crippen LogP contribution < -0.4 is 9.05 Å². The lowest BCUT2D eigenvalue weighted by atomic mass is 10.3. The highest BCUT2D eigenvalue weighted by molar-refractivity contribution is 9.10. The zero-order chi connectivity index (χ0) is 14.7. The Bertz CT molecular complexity index is 612. The van der Waals surface area contributed by atoms with Gasteiger partial charge in [0.2, 0.25) is 11.5 Å². The van der Waals surface area contributed by atoms with Crippen molar-refractivity contribution in [1.82, 2.24) is 0 Å². The molecule has 0 aliphatic rings. The van der Waals surface area contributed by atoms with Gasteiger partial charge in [-0.25, -0.2) is 17.8 Å². The first-order valence-corrected chi connectivity index (χ1v) is 7.87. The topological polar surface area (TPSA) is 35.5 Å². The van der Waals surface area contributed by atoms with Gasteiger partial charge >= 0.3 is 8.25 Å². The van der Waals surface area contributed by atoms with Crippen LogP contribution in [0.25, 0.3) is 0 Å². The Morgan fingerprint density at radius 1 is 0.850 bits per heavy atom. The Morgan fingerprint density at radius 2 is 1.25 bits per heavy atom. The Morgan fingerprint density at radius 3 is 1.60 bits per heavy atom. The normalized spacial score (nSPS) is 10.2. The van der Waals surface area contributed by atoms with E-state index in [1.54, 1.807) is 0 Å². The second-order valence-electron chi connectivity index (χ2n) is 3.56. The van der Waals surface area contributed by atoms with Crippen LogP contribution in [0.3, 0.4) is 0 Å². The van der Waals surface area contributed by atoms with Gasteiger partial charge in [-0.05, 0) is 36.4 Å². The summed E-state index contributed by atoms with van der Waals surface area (Å²) in [5.41, 5.74) is 0. The SMILES string of the molecule is O=[P+](Oc1ccc(Br)cc1F)Oc1ccc(Br)cc1F. The second-order valence-corrected chi connectivity index (χ2v) is 6.20. The van der Waals surface area contributed by atoms with Gasteiger partial charge in [0.15, 0.2) is 11.6 Å². The number of hydrogen-bond acceptors (Lipinski definition) is 3. The van der Waals surface area contributed by atoms with Crippen molar-refractivity contribution in [3.05, 3.63) is 57.0 Å². The molecule has 0 spiro atoms. The molecule has 0 saturated carbocycles. The van der Waals surface area contributed by atoms with Crippen molar-refractivity contribution in [3.8, 4) is 11.5 Å². The van der Waals surface area contributed by atoms with Crippen LogP contribution in [0.5, 0.6) is 11.5 Å². The zero-order valence-electron chi connectivity index (χ0n) is 9.65.